The van der Waals surface area contributed by atoms with Crippen molar-refractivity contribution < 1.29 is 9.90 Å². The SMILES string of the molecule is Cc1ccc(CN2CCCC(n3cc(C(=O)NCCO)nn3)C2)c(C)c1. The van der Waals surface area contributed by atoms with Crippen LogP contribution < -0.4 is 5.32 Å². The fraction of sp³-hybridized carbons (Fsp3) is 0.526. The van der Waals surface area contributed by atoms with E-state index in [1.165, 1.54) is 16.7 Å². The van der Waals surface area contributed by atoms with Crippen LogP contribution in [0.15, 0.2) is 24.4 Å². The summed E-state index contributed by atoms with van der Waals surface area (Å²) in [6.45, 7) is 7.32. The van der Waals surface area contributed by atoms with E-state index < -0.39 is 0 Å². The third-order valence-electron chi connectivity index (χ3n) is 4.89. The molecule has 7 nitrogen and oxygen atoms in total. The lowest BCUT2D eigenvalue weighted by atomic mass is 10.0. The number of amides is 1. The minimum Gasteiger partial charge on any atom is -0.395 e. The minimum absolute atomic E-state index is 0.0874. The van der Waals surface area contributed by atoms with Gasteiger partial charge < -0.3 is 10.4 Å². The van der Waals surface area contributed by atoms with Crippen molar-refractivity contribution in [3.63, 3.8) is 0 Å². The van der Waals surface area contributed by atoms with E-state index in [0.29, 0.717) is 5.69 Å². The van der Waals surface area contributed by atoms with Gasteiger partial charge in [-0.2, -0.15) is 0 Å². The van der Waals surface area contributed by atoms with Crippen molar-refractivity contribution >= 4 is 5.91 Å². The first-order valence-electron chi connectivity index (χ1n) is 9.16. The molecule has 2 heterocycles. The molecule has 2 aromatic rings. The van der Waals surface area contributed by atoms with E-state index in [0.717, 1.165) is 32.5 Å². The molecular formula is C19H27N5O2. The van der Waals surface area contributed by atoms with Gasteiger partial charge in [-0.15, -0.1) is 5.10 Å². The Morgan fingerprint density at radius 1 is 1.38 bits per heavy atom. The van der Waals surface area contributed by atoms with Gasteiger partial charge in [0.15, 0.2) is 5.69 Å². The first-order valence-corrected chi connectivity index (χ1v) is 9.16. The second-order valence-electron chi connectivity index (χ2n) is 7.02. The number of hydrogen-bond acceptors (Lipinski definition) is 5. The number of aliphatic hydroxyl groups excluding tert-OH is 1. The molecule has 1 aromatic heterocycles. The summed E-state index contributed by atoms with van der Waals surface area (Å²) in [5.74, 6) is -0.298. The Bertz CT molecular complexity index is 758. The third kappa shape index (κ3) is 4.47. The highest BCUT2D eigenvalue weighted by Gasteiger charge is 2.23. The van der Waals surface area contributed by atoms with Crippen LogP contribution in [0.5, 0.6) is 0 Å². The second-order valence-corrected chi connectivity index (χ2v) is 7.02. The largest absolute Gasteiger partial charge is 0.395 e. The molecule has 0 aliphatic carbocycles. The number of likely N-dealkylation sites (tertiary alicyclic amines) is 1. The molecule has 1 aromatic carbocycles. The predicted molar refractivity (Wildman–Crippen MR) is 98.9 cm³/mol. The number of aryl methyl sites for hydroxylation is 2. The number of nitrogens with zero attached hydrogens (tertiary/aromatic N) is 4. The summed E-state index contributed by atoms with van der Waals surface area (Å²) in [5.41, 5.74) is 4.27. The fourth-order valence-electron chi connectivity index (χ4n) is 3.47. The van der Waals surface area contributed by atoms with Crippen LogP contribution in [0.1, 0.15) is 46.1 Å². The van der Waals surface area contributed by atoms with Crippen molar-refractivity contribution in [2.45, 2.75) is 39.3 Å². The Kier molecular flexibility index (Phi) is 6.00. The molecule has 1 aliphatic heterocycles. The number of rotatable bonds is 6. The van der Waals surface area contributed by atoms with E-state index in [-0.39, 0.29) is 25.1 Å². The average molecular weight is 357 g/mol. The summed E-state index contributed by atoms with van der Waals surface area (Å²) < 4.78 is 1.81. The van der Waals surface area contributed by atoms with Crippen LogP contribution in [0.2, 0.25) is 0 Å². The lowest BCUT2D eigenvalue weighted by Crippen LogP contribution is -2.36. The van der Waals surface area contributed by atoms with Crippen LogP contribution in [0.3, 0.4) is 0 Å². The highest BCUT2D eigenvalue weighted by Crippen LogP contribution is 2.23. The molecule has 1 saturated heterocycles. The number of carbonyl (C=O) groups is 1. The van der Waals surface area contributed by atoms with E-state index in [9.17, 15) is 4.79 Å². The number of hydrogen-bond donors (Lipinski definition) is 2. The average Bonchev–Trinajstić information content (AvgIpc) is 3.13. The zero-order valence-electron chi connectivity index (χ0n) is 15.5. The van der Waals surface area contributed by atoms with Crippen LogP contribution >= 0.6 is 0 Å². The van der Waals surface area contributed by atoms with Crippen LogP contribution in [-0.4, -0.2) is 57.1 Å². The van der Waals surface area contributed by atoms with Crippen molar-refractivity contribution in [3.05, 3.63) is 46.8 Å². The van der Waals surface area contributed by atoms with E-state index in [1.54, 1.807) is 6.20 Å². The molecule has 140 valence electrons. The number of carbonyl (C=O) groups excluding carboxylic acids is 1. The van der Waals surface area contributed by atoms with E-state index >= 15 is 0 Å². The summed E-state index contributed by atoms with van der Waals surface area (Å²) in [5, 5.41) is 19.5. The summed E-state index contributed by atoms with van der Waals surface area (Å²) in [4.78, 5) is 14.4. The van der Waals surface area contributed by atoms with E-state index in [4.69, 9.17) is 5.11 Å². The Labute approximate surface area is 154 Å². The molecule has 0 radical (unpaired) electrons. The van der Waals surface area contributed by atoms with E-state index in [1.807, 2.05) is 4.68 Å². The van der Waals surface area contributed by atoms with Gasteiger partial charge in [0.05, 0.1) is 18.8 Å². The summed E-state index contributed by atoms with van der Waals surface area (Å²) >= 11 is 0. The summed E-state index contributed by atoms with van der Waals surface area (Å²) in [7, 11) is 0. The number of piperidine rings is 1. The normalized spacial score (nSPS) is 18.0. The van der Waals surface area contributed by atoms with Crippen molar-refractivity contribution in [3.8, 4) is 0 Å². The standard InChI is InChI=1S/C19H27N5O2/c1-14-5-6-16(15(2)10-14)11-23-8-3-4-17(12-23)24-13-18(21-22-24)19(26)20-7-9-25/h5-6,10,13,17,25H,3-4,7-9,11-12H2,1-2H3,(H,20,26). The maximum atomic E-state index is 11.9. The van der Waals surface area contributed by atoms with Crippen molar-refractivity contribution in [2.24, 2.45) is 0 Å². The van der Waals surface area contributed by atoms with Gasteiger partial charge in [0.2, 0.25) is 0 Å². The highest BCUT2D eigenvalue weighted by molar-refractivity contribution is 5.91. The highest BCUT2D eigenvalue weighted by atomic mass is 16.3. The molecular weight excluding hydrogens is 330 g/mol. The van der Waals surface area contributed by atoms with Crippen LogP contribution in [-0.2, 0) is 6.54 Å². The molecule has 1 fully saturated rings. The number of aromatic nitrogens is 3. The molecule has 0 saturated carbocycles. The maximum Gasteiger partial charge on any atom is 0.273 e. The predicted octanol–water partition coefficient (Wildman–Crippen LogP) is 1.45. The van der Waals surface area contributed by atoms with Crippen molar-refractivity contribution in [1.29, 1.82) is 0 Å². The van der Waals surface area contributed by atoms with Gasteiger partial charge in [0.25, 0.3) is 5.91 Å². The lowest BCUT2D eigenvalue weighted by molar-refractivity contribution is 0.0939. The van der Waals surface area contributed by atoms with Gasteiger partial charge >= 0.3 is 0 Å². The molecule has 0 spiro atoms. The molecule has 2 N–H and O–H groups in total. The second kappa shape index (κ2) is 8.42. The molecule has 1 aliphatic rings. The van der Waals surface area contributed by atoms with Gasteiger partial charge in [0.1, 0.15) is 0 Å². The Hall–Kier alpha value is -2.25. The minimum atomic E-state index is -0.298. The number of benzene rings is 1. The Morgan fingerprint density at radius 2 is 2.23 bits per heavy atom. The molecule has 1 amide bonds. The quantitative estimate of drug-likeness (QED) is 0.818. The van der Waals surface area contributed by atoms with Crippen LogP contribution in [0.25, 0.3) is 0 Å². The Morgan fingerprint density at radius 3 is 3.00 bits per heavy atom. The van der Waals surface area contributed by atoms with Crippen molar-refractivity contribution in [2.75, 3.05) is 26.2 Å². The van der Waals surface area contributed by atoms with Gasteiger partial charge in [-0.3, -0.25) is 9.69 Å². The van der Waals surface area contributed by atoms with Gasteiger partial charge in [-0.05, 0) is 44.4 Å². The first kappa shape index (κ1) is 18.5. The van der Waals surface area contributed by atoms with Gasteiger partial charge in [0, 0.05) is 19.6 Å². The Balaban J connectivity index is 1.63. The van der Waals surface area contributed by atoms with E-state index in [2.05, 4.69) is 52.6 Å². The first-order chi connectivity index (χ1) is 12.6. The molecule has 1 unspecified atom stereocenters. The van der Waals surface area contributed by atoms with Crippen molar-refractivity contribution in [1.82, 2.24) is 25.2 Å². The number of nitrogens with one attached hydrogen (secondary N) is 1. The van der Waals surface area contributed by atoms with Gasteiger partial charge in [-0.1, -0.05) is 29.0 Å². The zero-order valence-corrected chi connectivity index (χ0v) is 15.5. The maximum absolute atomic E-state index is 11.9. The molecule has 1 atom stereocenters. The topological polar surface area (TPSA) is 83.3 Å². The molecule has 3 rings (SSSR count). The van der Waals surface area contributed by atoms with Crippen LogP contribution in [0.4, 0.5) is 0 Å². The number of aliphatic hydroxyl groups is 1. The monoisotopic (exact) mass is 357 g/mol. The summed E-state index contributed by atoms with van der Waals surface area (Å²) in [6, 6.07) is 6.83. The fourth-order valence-corrected chi connectivity index (χ4v) is 3.47. The third-order valence-corrected chi connectivity index (χ3v) is 4.89. The molecule has 7 heteroatoms. The molecule has 26 heavy (non-hydrogen) atoms. The van der Waals surface area contributed by atoms with Gasteiger partial charge in [-0.25, -0.2) is 4.68 Å². The summed E-state index contributed by atoms with van der Waals surface area (Å²) in [6.07, 6.45) is 3.84. The van der Waals surface area contributed by atoms with Crippen LogP contribution in [0, 0.1) is 13.8 Å². The molecule has 0 bridgehead atoms. The lowest BCUT2D eigenvalue weighted by Gasteiger charge is -2.32. The smallest absolute Gasteiger partial charge is 0.273 e. The zero-order chi connectivity index (χ0) is 18.5.